The van der Waals surface area contributed by atoms with Gasteiger partial charge >= 0.3 is 0 Å². The van der Waals surface area contributed by atoms with Crippen molar-refractivity contribution < 1.29 is 9.53 Å². The van der Waals surface area contributed by atoms with Crippen molar-refractivity contribution in [3.8, 4) is 0 Å². The van der Waals surface area contributed by atoms with Gasteiger partial charge in [0.2, 0.25) is 0 Å². The van der Waals surface area contributed by atoms with Crippen LogP contribution in [0.4, 0.5) is 5.69 Å². The SMILES string of the molecule is CN(C)c1cccc(C(=O)NCCOCC2CC2)c1. The molecule has 0 atom stereocenters. The van der Waals surface area contributed by atoms with E-state index in [1.807, 2.05) is 43.3 Å². The van der Waals surface area contributed by atoms with Gasteiger partial charge in [-0.25, -0.2) is 0 Å². The second-order valence-corrected chi connectivity index (χ2v) is 5.22. The molecular formula is C15H22N2O2. The monoisotopic (exact) mass is 262 g/mol. The van der Waals surface area contributed by atoms with Crippen LogP contribution in [0.1, 0.15) is 23.2 Å². The highest BCUT2D eigenvalue weighted by molar-refractivity contribution is 5.95. The molecule has 1 N–H and O–H groups in total. The second kappa shape index (κ2) is 6.57. The Hall–Kier alpha value is -1.55. The highest BCUT2D eigenvalue weighted by Crippen LogP contribution is 2.28. The molecular weight excluding hydrogens is 240 g/mol. The van der Waals surface area contributed by atoms with Crippen molar-refractivity contribution in [2.75, 3.05) is 38.8 Å². The summed E-state index contributed by atoms with van der Waals surface area (Å²) >= 11 is 0. The van der Waals surface area contributed by atoms with Crippen molar-refractivity contribution in [3.63, 3.8) is 0 Å². The minimum Gasteiger partial charge on any atom is -0.379 e. The van der Waals surface area contributed by atoms with Gasteiger partial charge in [-0.05, 0) is 37.0 Å². The van der Waals surface area contributed by atoms with Crippen LogP contribution in [0.2, 0.25) is 0 Å². The summed E-state index contributed by atoms with van der Waals surface area (Å²) in [6, 6.07) is 7.59. The Kier molecular flexibility index (Phi) is 4.80. The summed E-state index contributed by atoms with van der Waals surface area (Å²) in [6.45, 7) is 2.00. The molecule has 0 spiro atoms. The van der Waals surface area contributed by atoms with E-state index in [-0.39, 0.29) is 5.91 Å². The first-order valence-corrected chi connectivity index (χ1v) is 6.80. The molecule has 19 heavy (non-hydrogen) atoms. The lowest BCUT2D eigenvalue weighted by molar-refractivity contribution is 0.0906. The average Bonchev–Trinajstić information content (AvgIpc) is 3.22. The number of carbonyl (C=O) groups excluding carboxylic acids is 1. The number of carbonyl (C=O) groups is 1. The third-order valence-electron chi connectivity index (χ3n) is 3.21. The molecule has 2 rings (SSSR count). The van der Waals surface area contributed by atoms with E-state index >= 15 is 0 Å². The molecule has 0 heterocycles. The van der Waals surface area contributed by atoms with E-state index in [9.17, 15) is 4.79 Å². The van der Waals surface area contributed by atoms with Crippen LogP contribution < -0.4 is 10.2 Å². The molecule has 1 aromatic rings. The first-order chi connectivity index (χ1) is 9.16. The zero-order valence-electron chi connectivity index (χ0n) is 11.7. The largest absolute Gasteiger partial charge is 0.379 e. The van der Waals surface area contributed by atoms with Gasteiger partial charge in [0.1, 0.15) is 0 Å². The number of nitrogens with one attached hydrogen (secondary N) is 1. The van der Waals surface area contributed by atoms with Gasteiger partial charge in [-0.1, -0.05) is 6.07 Å². The Morgan fingerprint density at radius 1 is 1.42 bits per heavy atom. The molecule has 0 aromatic heterocycles. The van der Waals surface area contributed by atoms with Crippen molar-refractivity contribution in [2.24, 2.45) is 5.92 Å². The van der Waals surface area contributed by atoms with Crippen LogP contribution in [0.3, 0.4) is 0 Å². The van der Waals surface area contributed by atoms with Crippen LogP contribution >= 0.6 is 0 Å². The zero-order valence-corrected chi connectivity index (χ0v) is 11.7. The molecule has 1 aliphatic carbocycles. The molecule has 104 valence electrons. The number of ether oxygens (including phenoxy) is 1. The molecule has 4 heteroatoms. The lowest BCUT2D eigenvalue weighted by atomic mass is 10.2. The smallest absolute Gasteiger partial charge is 0.251 e. The summed E-state index contributed by atoms with van der Waals surface area (Å²) in [6.07, 6.45) is 2.59. The third kappa shape index (κ3) is 4.56. The second-order valence-electron chi connectivity index (χ2n) is 5.22. The Morgan fingerprint density at radius 3 is 2.89 bits per heavy atom. The van der Waals surface area contributed by atoms with Gasteiger partial charge < -0.3 is 15.0 Å². The van der Waals surface area contributed by atoms with E-state index in [2.05, 4.69) is 5.32 Å². The van der Waals surface area contributed by atoms with Gasteiger partial charge in [-0.3, -0.25) is 4.79 Å². The van der Waals surface area contributed by atoms with Crippen LogP contribution in [0.15, 0.2) is 24.3 Å². The summed E-state index contributed by atoms with van der Waals surface area (Å²) in [5, 5.41) is 2.88. The molecule has 1 fully saturated rings. The van der Waals surface area contributed by atoms with E-state index < -0.39 is 0 Å². The molecule has 0 saturated heterocycles. The molecule has 1 saturated carbocycles. The molecule has 4 nitrogen and oxygen atoms in total. The van der Waals surface area contributed by atoms with E-state index in [1.54, 1.807) is 0 Å². The van der Waals surface area contributed by atoms with Crippen molar-refractivity contribution in [3.05, 3.63) is 29.8 Å². The Balaban J connectivity index is 1.73. The highest BCUT2D eigenvalue weighted by Gasteiger charge is 2.20. The molecule has 1 aromatic carbocycles. The van der Waals surface area contributed by atoms with Gasteiger partial charge in [0, 0.05) is 38.5 Å². The van der Waals surface area contributed by atoms with Gasteiger partial charge in [-0.15, -0.1) is 0 Å². The molecule has 0 bridgehead atoms. The number of rotatable bonds is 7. The number of benzene rings is 1. The van der Waals surface area contributed by atoms with Crippen molar-refractivity contribution in [1.29, 1.82) is 0 Å². The predicted octanol–water partition coefficient (Wildman–Crippen LogP) is 1.91. The molecule has 1 amide bonds. The predicted molar refractivity (Wildman–Crippen MR) is 76.6 cm³/mol. The number of anilines is 1. The first-order valence-electron chi connectivity index (χ1n) is 6.80. The van der Waals surface area contributed by atoms with E-state index in [4.69, 9.17) is 4.74 Å². The Labute approximate surface area is 114 Å². The fraction of sp³-hybridized carbons (Fsp3) is 0.533. The van der Waals surface area contributed by atoms with Gasteiger partial charge in [0.15, 0.2) is 0 Å². The normalized spacial score (nSPS) is 14.2. The van der Waals surface area contributed by atoms with Gasteiger partial charge in [-0.2, -0.15) is 0 Å². The summed E-state index contributed by atoms with van der Waals surface area (Å²) in [7, 11) is 3.92. The maximum absolute atomic E-state index is 11.9. The number of amides is 1. The van der Waals surface area contributed by atoms with Gasteiger partial charge in [0.25, 0.3) is 5.91 Å². The standard InChI is InChI=1S/C15H22N2O2/c1-17(2)14-5-3-4-13(10-14)15(18)16-8-9-19-11-12-6-7-12/h3-5,10,12H,6-9,11H2,1-2H3,(H,16,18). The number of hydrogen-bond donors (Lipinski definition) is 1. The van der Waals surface area contributed by atoms with E-state index in [0.29, 0.717) is 18.7 Å². The third-order valence-corrected chi connectivity index (χ3v) is 3.21. The minimum absolute atomic E-state index is 0.0429. The summed E-state index contributed by atoms with van der Waals surface area (Å²) in [5.41, 5.74) is 1.71. The van der Waals surface area contributed by atoms with Crippen molar-refractivity contribution in [2.45, 2.75) is 12.8 Å². The number of hydrogen-bond acceptors (Lipinski definition) is 3. The van der Waals surface area contributed by atoms with Crippen LogP contribution in [-0.4, -0.2) is 39.8 Å². The van der Waals surface area contributed by atoms with E-state index in [1.165, 1.54) is 12.8 Å². The average molecular weight is 262 g/mol. The van der Waals surface area contributed by atoms with Crippen molar-refractivity contribution in [1.82, 2.24) is 5.32 Å². The Morgan fingerprint density at radius 2 is 2.21 bits per heavy atom. The topological polar surface area (TPSA) is 41.6 Å². The van der Waals surface area contributed by atoms with E-state index in [0.717, 1.165) is 18.2 Å². The van der Waals surface area contributed by atoms with Crippen molar-refractivity contribution >= 4 is 11.6 Å². The molecule has 1 aliphatic rings. The number of nitrogens with zero attached hydrogens (tertiary/aromatic N) is 1. The lowest BCUT2D eigenvalue weighted by Crippen LogP contribution is -2.27. The first kappa shape index (κ1) is 13.9. The fourth-order valence-electron chi connectivity index (χ4n) is 1.80. The van der Waals surface area contributed by atoms with Crippen LogP contribution in [-0.2, 0) is 4.74 Å². The highest BCUT2D eigenvalue weighted by atomic mass is 16.5. The summed E-state index contributed by atoms with van der Waals surface area (Å²) in [4.78, 5) is 13.9. The fourth-order valence-corrected chi connectivity index (χ4v) is 1.80. The maximum atomic E-state index is 11.9. The zero-order chi connectivity index (χ0) is 13.7. The van der Waals surface area contributed by atoms with Crippen LogP contribution in [0, 0.1) is 5.92 Å². The summed E-state index contributed by atoms with van der Waals surface area (Å²) < 4.78 is 5.48. The van der Waals surface area contributed by atoms with Crippen LogP contribution in [0.5, 0.6) is 0 Å². The molecule has 0 unspecified atom stereocenters. The molecule has 0 radical (unpaired) electrons. The van der Waals surface area contributed by atoms with Crippen LogP contribution in [0.25, 0.3) is 0 Å². The quantitative estimate of drug-likeness (QED) is 0.763. The molecule has 0 aliphatic heterocycles. The maximum Gasteiger partial charge on any atom is 0.251 e. The minimum atomic E-state index is -0.0429. The lowest BCUT2D eigenvalue weighted by Gasteiger charge is -2.13. The summed E-state index contributed by atoms with van der Waals surface area (Å²) in [5.74, 6) is 0.728. The van der Waals surface area contributed by atoms with Gasteiger partial charge in [0.05, 0.1) is 6.61 Å². The Bertz CT molecular complexity index is 428.